The van der Waals surface area contributed by atoms with Crippen molar-refractivity contribution in [3.05, 3.63) is 41.8 Å². The van der Waals surface area contributed by atoms with E-state index in [4.69, 9.17) is 10.5 Å². The molecule has 2 rings (SSSR count). The van der Waals surface area contributed by atoms with Crippen LogP contribution in [-0.4, -0.2) is 9.78 Å². The van der Waals surface area contributed by atoms with E-state index >= 15 is 0 Å². The molecule has 1 aromatic heterocycles. The Balaban J connectivity index is 2.02. The molecule has 0 spiro atoms. The molecule has 0 saturated carbocycles. The van der Waals surface area contributed by atoms with Crippen molar-refractivity contribution in [2.45, 2.75) is 6.61 Å². The van der Waals surface area contributed by atoms with Crippen LogP contribution in [0.5, 0.6) is 5.75 Å². The molecule has 16 heavy (non-hydrogen) atoms. The molecule has 0 aliphatic heterocycles. The first kappa shape index (κ1) is 10.5. The average molecular weight is 221 g/mol. The number of hydrogen-bond acceptors (Lipinski definition) is 3. The van der Waals surface area contributed by atoms with E-state index in [-0.39, 0.29) is 12.4 Å². The topological polar surface area (TPSA) is 53.1 Å². The number of benzene rings is 1. The van der Waals surface area contributed by atoms with E-state index in [2.05, 4.69) is 5.10 Å². The number of halogens is 1. The zero-order valence-corrected chi connectivity index (χ0v) is 8.85. The fraction of sp³-hybridized carbons (Fsp3) is 0.182. The molecule has 0 fully saturated rings. The molecule has 84 valence electrons. The van der Waals surface area contributed by atoms with Crippen molar-refractivity contribution < 1.29 is 9.13 Å². The first-order valence-corrected chi connectivity index (χ1v) is 4.82. The molecule has 0 unspecified atom stereocenters. The second kappa shape index (κ2) is 4.22. The highest BCUT2D eigenvalue weighted by Crippen LogP contribution is 2.14. The van der Waals surface area contributed by atoms with Gasteiger partial charge in [-0.15, -0.1) is 0 Å². The van der Waals surface area contributed by atoms with Crippen LogP contribution in [-0.2, 0) is 13.7 Å². The highest BCUT2D eigenvalue weighted by molar-refractivity contribution is 5.30. The highest BCUT2D eigenvalue weighted by atomic mass is 19.1. The largest absolute Gasteiger partial charge is 0.487 e. The van der Waals surface area contributed by atoms with Gasteiger partial charge in [-0.2, -0.15) is 5.10 Å². The van der Waals surface area contributed by atoms with Crippen LogP contribution in [0.1, 0.15) is 5.69 Å². The quantitative estimate of drug-likeness (QED) is 0.858. The Morgan fingerprint density at radius 3 is 2.88 bits per heavy atom. The summed E-state index contributed by atoms with van der Waals surface area (Å²) >= 11 is 0. The molecule has 5 heteroatoms. The van der Waals surface area contributed by atoms with Gasteiger partial charge in [0.1, 0.15) is 29.7 Å². The SMILES string of the molecule is Cn1nc(COc2cccc(F)c2)cc1N. The molecule has 0 radical (unpaired) electrons. The number of anilines is 1. The van der Waals surface area contributed by atoms with Gasteiger partial charge in [0, 0.05) is 19.2 Å². The van der Waals surface area contributed by atoms with E-state index < -0.39 is 0 Å². The summed E-state index contributed by atoms with van der Waals surface area (Å²) in [5.41, 5.74) is 6.33. The Morgan fingerprint density at radius 1 is 1.44 bits per heavy atom. The maximum absolute atomic E-state index is 12.8. The van der Waals surface area contributed by atoms with Gasteiger partial charge in [0.25, 0.3) is 0 Å². The lowest BCUT2D eigenvalue weighted by molar-refractivity contribution is 0.298. The van der Waals surface area contributed by atoms with E-state index in [0.717, 1.165) is 0 Å². The fourth-order valence-electron chi connectivity index (χ4n) is 1.33. The van der Waals surface area contributed by atoms with Crippen molar-refractivity contribution >= 4 is 5.82 Å². The van der Waals surface area contributed by atoms with Crippen molar-refractivity contribution in [1.82, 2.24) is 9.78 Å². The molecule has 0 atom stereocenters. The van der Waals surface area contributed by atoms with E-state index in [0.29, 0.717) is 17.3 Å². The lowest BCUT2D eigenvalue weighted by Crippen LogP contribution is -1.99. The Hall–Kier alpha value is -2.04. The smallest absolute Gasteiger partial charge is 0.132 e. The Morgan fingerprint density at radius 2 is 2.25 bits per heavy atom. The number of aromatic nitrogens is 2. The van der Waals surface area contributed by atoms with Crippen molar-refractivity contribution in [3.8, 4) is 5.75 Å². The Kier molecular flexibility index (Phi) is 2.76. The van der Waals surface area contributed by atoms with E-state index in [9.17, 15) is 4.39 Å². The molecule has 2 aromatic rings. The highest BCUT2D eigenvalue weighted by Gasteiger charge is 2.03. The molecule has 1 heterocycles. The molecule has 4 nitrogen and oxygen atoms in total. The van der Waals surface area contributed by atoms with Gasteiger partial charge in [-0.05, 0) is 12.1 Å². The van der Waals surface area contributed by atoms with Gasteiger partial charge < -0.3 is 10.5 Å². The van der Waals surface area contributed by atoms with Crippen molar-refractivity contribution in [2.24, 2.45) is 7.05 Å². The summed E-state index contributed by atoms with van der Waals surface area (Å²) in [6.07, 6.45) is 0. The monoisotopic (exact) mass is 221 g/mol. The van der Waals surface area contributed by atoms with Crippen LogP contribution in [0.3, 0.4) is 0 Å². The van der Waals surface area contributed by atoms with Crippen LogP contribution in [0.4, 0.5) is 10.2 Å². The Labute approximate surface area is 92.4 Å². The summed E-state index contributed by atoms with van der Waals surface area (Å²) in [7, 11) is 1.75. The number of ether oxygens (including phenoxy) is 1. The first-order valence-electron chi connectivity index (χ1n) is 4.82. The molecule has 0 amide bonds. The zero-order chi connectivity index (χ0) is 11.5. The summed E-state index contributed by atoms with van der Waals surface area (Å²) in [4.78, 5) is 0. The first-order chi connectivity index (χ1) is 7.65. The number of rotatable bonds is 3. The van der Waals surface area contributed by atoms with Crippen LogP contribution < -0.4 is 10.5 Å². The van der Waals surface area contributed by atoms with Crippen LogP contribution in [0, 0.1) is 5.82 Å². The zero-order valence-electron chi connectivity index (χ0n) is 8.85. The second-order valence-electron chi connectivity index (χ2n) is 3.43. The molecular weight excluding hydrogens is 209 g/mol. The maximum atomic E-state index is 12.8. The van der Waals surface area contributed by atoms with Gasteiger partial charge in [-0.3, -0.25) is 4.68 Å². The predicted octanol–water partition coefficient (Wildman–Crippen LogP) is 1.72. The minimum Gasteiger partial charge on any atom is -0.487 e. The van der Waals surface area contributed by atoms with E-state index in [1.807, 2.05) is 0 Å². The summed E-state index contributed by atoms with van der Waals surface area (Å²) in [6.45, 7) is 0.272. The molecule has 0 bridgehead atoms. The van der Waals surface area contributed by atoms with Crippen molar-refractivity contribution in [2.75, 3.05) is 5.73 Å². The number of nitrogens with two attached hydrogens (primary N) is 1. The van der Waals surface area contributed by atoms with Gasteiger partial charge in [0.05, 0.1) is 0 Å². The third-order valence-corrected chi connectivity index (χ3v) is 2.15. The minimum absolute atomic E-state index is 0.272. The van der Waals surface area contributed by atoms with Gasteiger partial charge in [0.2, 0.25) is 0 Å². The van der Waals surface area contributed by atoms with Crippen LogP contribution in [0.15, 0.2) is 30.3 Å². The lowest BCUT2D eigenvalue weighted by Gasteiger charge is -2.03. The molecule has 0 aliphatic rings. The summed E-state index contributed by atoms with van der Waals surface area (Å²) < 4.78 is 19.8. The maximum Gasteiger partial charge on any atom is 0.132 e. The van der Waals surface area contributed by atoms with Crippen molar-refractivity contribution in [1.29, 1.82) is 0 Å². The lowest BCUT2D eigenvalue weighted by atomic mass is 10.3. The van der Waals surface area contributed by atoms with Gasteiger partial charge in [-0.1, -0.05) is 6.07 Å². The average Bonchev–Trinajstić information content (AvgIpc) is 2.56. The third-order valence-electron chi connectivity index (χ3n) is 2.15. The standard InChI is InChI=1S/C11H12FN3O/c1-15-11(13)6-9(14-15)7-16-10-4-2-3-8(12)5-10/h2-6H,7,13H2,1H3. The number of nitrogen functional groups attached to an aromatic ring is 1. The summed E-state index contributed by atoms with van der Waals surface area (Å²) in [5, 5.41) is 4.12. The number of hydrogen-bond donors (Lipinski definition) is 1. The molecule has 0 saturated heterocycles. The molecule has 1 aromatic carbocycles. The number of aryl methyl sites for hydroxylation is 1. The molecule has 0 aliphatic carbocycles. The van der Waals surface area contributed by atoms with Gasteiger partial charge in [0.15, 0.2) is 0 Å². The number of nitrogens with zero attached hydrogens (tertiary/aromatic N) is 2. The summed E-state index contributed by atoms with van der Waals surface area (Å²) in [6, 6.07) is 7.70. The predicted molar refractivity (Wildman–Crippen MR) is 58.4 cm³/mol. The molecular formula is C11H12FN3O. The minimum atomic E-state index is -0.321. The second-order valence-corrected chi connectivity index (χ2v) is 3.43. The third kappa shape index (κ3) is 2.31. The van der Waals surface area contributed by atoms with Gasteiger partial charge in [-0.25, -0.2) is 4.39 Å². The molecule has 2 N–H and O–H groups in total. The van der Waals surface area contributed by atoms with Crippen molar-refractivity contribution in [3.63, 3.8) is 0 Å². The normalized spacial score (nSPS) is 10.4. The van der Waals surface area contributed by atoms with Crippen LogP contribution in [0.25, 0.3) is 0 Å². The van der Waals surface area contributed by atoms with Gasteiger partial charge >= 0.3 is 0 Å². The van der Waals surface area contributed by atoms with Crippen LogP contribution >= 0.6 is 0 Å². The Bertz CT molecular complexity index is 476. The summed E-state index contributed by atoms with van der Waals surface area (Å²) in [5.74, 6) is 0.722. The van der Waals surface area contributed by atoms with E-state index in [1.165, 1.54) is 12.1 Å². The van der Waals surface area contributed by atoms with E-state index in [1.54, 1.807) is 29.9 Å². The van der Waals surface area contributed by atoms with Crippen LogP contribution in [0.2, 0.25) is 0 Å². The fourth-order valence-corrected chi connectivity index (χ4v) is 1.33.